The number of carbonyl (C=O) groups excluding carboxylic acids is 1. The third-order valence-electron chi connectivity index (χ3n) is 6.24. The minimum Gasteiger partial charge on any atom is -0.323 e. The first-order valence-corrected chi connectivity index (χ1v) is 12.2. The second-order valence-electron chi connectivity index (χ2n) is 8.35. The van der Waals surface area contributed by atoms with Gasteiger partial charge in [0.25, 0.3) is 5.91 Å². The Labute approximate surface area is 178 Å². The Kier molecular flexibility index (Phi) is 6.22. The van der Waals surface area contributed by atoms with Gasteiger partial charge in [-0.25, -0.2) is 8.42 Å². The summed E-state index contributed by atoms with van der Waals surface area (Å²) in [6.45, 7) is 1.54. The van der Waals surface area contributed by atoms with E-state index in [2.05, 4.69) is 36.6 Å². The van der Waals surface area contributed by atoms with Crippen molar-refractivity contribution in [2.45, 2.75) is 43.0 Å². The molecule has 2 aromatic rings. The molecule has 2 aromatic carbocycles. The topological polar surface area (TPSA) is 70.9 Å². The quantitative estimate of drug-likeness (QED) is 0.739. The van der Waals surface area contributed by atoms with Crippen LogP contribution >= 0.6 is 0 Å². The van der Waals surface area contributed by atoms with E-state index in [9.17, 15) is 13.2 Å². The van der Waals surface area contributed by atoms with Gasteiger partial charge in [-0.05, 0) is 55.5 Å². The zero-order valence-electron chi connectivity index (χ0n) is 17.4. The number of fused-ring (bicyclic) bond motifs is 1. The van der Waals surface area contributed by atoms with E-state index in [-0.39, 0.29) is 10.8 Å². The molecule has 1 amide bonds. The second kappa shape index (κ2) is 8.88. The van der Waals surface area contributed by atoms with E-state index in [0.717, 1.165) is 32.1 Å². The first-order chi connectivity index (χ1) is 14.4. The van der Waals surface area contributed by atoms with Gasteiger partial charge in [0.15, 0.2) is 6.54 Å². The fraction of sp³-hybridized carbons (Fsp3) is 0.435. The van der Waals surface area contributed by atoms with E-state index in [0.29, 0.717) is 31.4 Å². The van der Waals surface area contributed by atoms with Crippen molar-refractivity contribution in [3.63, 3.8) is 0 Å². The molecule has 2 aliphatic rings. The molecule has 0 aromatic heterocycles. The summed E-state index contributed by atoms with van der Waals surface area (Å²) >= 11 is 0. The fourth-order valence-corrected chi connectivity index (χ4v) is 6.15. The summed E-state index contributed by atoms with van der Waals surface area (Å²) in [7, 11) is -1.36. The Hall–Kier alpha value is -2.22. The van der Waals surface area contributed by atoms with Crippen molar-refractivity contribution in [1.82, 2.24) is 4.31 Å². The highest BCUT2D eigenvalue weighted by Gasteiger charge is 2.29. The Morgan fingerprint density at radius 3 is 2.50 bits per heavy atom. The van der Waals surface area contributed by atoms with E-state index in [1.165, 1.54) is 20.3 Å². The molecule has 6 nitrogen and oxygen atoms in total. The van der Waals surface area contributed by atoms with Crippen molar-refractivity contribution in [3.8, 4) is 0 Å². The number of benzene rings is 2. The Bertz CT molecular complexity index is 999. The molecule has 0 spiro atoms. The van der Waals surface area contributed by atoms with Crippen LogP contribution in [0.2, 0.25) is 0 Å². The van der Waals surface area contributed by atoms with Gasteiger partial charge in [0.1, 0.15) is 6.04 Å². The molecule has 1 saturated heterocycles. The molecular weight excluding hydrogens is 398 g/mol. The maximum Gasteiger partial charge on any atom is 0.279 e. The fourth-order valence-electron chi connectivity index (χ4n) is 4.64. The van der Waals surface area contributed by atoms with Crippen LogP contribution in [0, 0.1) is 0 Å². The zero-order valence-corrected chi connectivity index (χ0v) is 18.2. The van der Waals surface area contributed by atoms with Gasteiger partial charge in [-0.2, -0.15) is 4.31 Å². The number of likely N-dealkylation sites (N-methyl/N-ethyl adjacent to an activating group) is 1. The van der Waals surface area contributed by atoms with Crippen LogP contribution in [0.1, 0.15) is 42.9 Å². The first-order valence-electron chi connectivity index (χ1n) is 10.8. The number of aryl methyl sites for hydroxylation is 1. The van der Waals surface area contributed by atoms with Crippen molar-refractivity contribution in [1.29, 1.82) is 0 Å². The number of quaternary nitrogens is 1. The lowest BCUT2D eigenvalue weighted by molar-refractivity contribution is -0.905. The molecule has 2 N–H and O–H groups in total. The van der Waals surface area contributed by atoms with Crippen molar-refractivity contribution in [2.75, 3.05) is 32.0 Å². The van der Waals surface area contributed by atoms with Crippen LogP contribution in [0.25, 0.3) is 0 Å². The molecule has 1 heterocycles. The molecule has 0 radical (unpaired) electrons. The summed E-state index contributed by atoms with van der Waals surface area (Å²) in [5, 5.41) is 2.92. The second-order valence-corrected chi connectivity index (χ2v) is 10.3. The van der Waals surface area contributed by atoms with Gasteiger partial charge < -0.3 is 10.2 Å². The number of carbonyl (C=O) groups is 1. The highest BCUT2D eigenvalue weighted by atomic mass is 32.2. The highest BCUT2D eigenvalue weighted by Crippen LogP contribution is 2.27. The third kappa shape index (κ3) is 4.43. The maximum atomic E-state index is 12.6. The summed E-state index contributed by atoms with van der Waals surface area (Å²) in [6.07, 6.45) is 5.16. The van der Waals surface area contributed by atoms with Crippen molar-refractivity contribution < 1.29 is 18.1 Å². The lowest BCUT2D eigenvalue weighted by atomic mass is 9.87. The van der Waals surface area contributed by atoms with E-state index in [1.807, 2.05) is 0 Å². The summed E-state index contributed by atoms with van der Waals surface area (Å²) in [5.41, 5.74) is 3.37. The van der Waals surface area contributed by atoms with E-state index < -0.39 is 10.0 Å². The molecule has 1 aliphatic carbocycles. The molecule has 0 saturated carbocycles. The number of nitrogens with zero attached hydrogens (tertiary/aromatic N) is 1. The monoisotopic (exact) mass is 428 g/mol. The van der Waals surface area contributed by atoms with E-state index >= 15 is 0 Å². The average molecular weight is 429 g/mol. The lowest BCUT2D eigenvalue weighted by Crippen LogP contribution is -3.10. The summed E-state index contributed by atoms with van der Waals surface area (Å²) in [5.74, 6) is -0.0642. The van der Waals surface area contributed by atoms with Gasteiger partial charge in [-0.1, -0.05) is 24.3 Å². The molecule has 160 valence electrons. The predicted molar refractivity (Wildman–Crippen MR) is 117 cm³/mol. The van der Waals surface area contributed by atoms with Crippen molar-refractivity contribution in [3.05, 3.63) is 59.7 Å². The lowest BCUT2D eigenvalue weighted by Gasteiger charge is -2.30. The van der Waals surface area contributed by atoms with Gasteiger partial charge in [0.05, 0.1) is 11.9 Å². The van der Waals surface area contributed by atoms with Gasteiger partial charge in [0.2, 0.25) is 10.0 Å². The van der Waals surface area contributed by atoms with E-state index in [4.69, 9.17) is 0 Å². The molecule has 0 bridgehead atoms. The molecule has 2 atom stereocenters. The number of nitrogens with one attached hydrogen (secondary N) is 2. The molecule has 1 fully saturated rings. The molecule has 7 heteroatoms. The zero-order chi connectivity index (χ0) is 21.1. The predicted octanol–water partition coefficient (Wildman–Crippen LogP) is 2.00. The van der Waals surface area contributed by atoms with Crippen LogP contribution in [0.3, 0.4) is 0 Å². The van der Waals surface area contributed by atoms with Gasteiger partial charge >= 0.3 is 0 Å². The highest BCUT2D eigenvalue weighted by molar-refractivity contribution is 7.89. The van der Waals surface area contributed by atoms with Gasteiger partial charge in [-0.3, -0.25) is 4.79 Å². The smallest absolute Gasteiger partial charge is 0.279 e. The number of rotatable bonds is 6. The maximum absolute atomic E-state index is 12.6. The average Bonchev–Trinajstić information content (AvgIpc) is 3.29. The number of sulfonamides is 1. The van der Waals surface area contributed by atoms with Crippen molar-refractivity contribution >= 4 is 21.6 Å². The molecule has 1 unspecified atom stereocenters. The molecule has 4 rings (SSSR count). The van der Waals surface area contributed by atoms with Crippen LogP contribution in [0.5, 0.6) is 0 Å². The largest absolute Gasteiger partial charge is 0.323 e. The van der Waals surface area contributed by atoms with Gasteiger partial charge in [0, 0.05) is 30.8 Å². The first kappa shape index (κ1) is 21.0. The SMILES string of the molecule is C[NH+](CC(=O)Nc1ccc(S(=O)(=O)N2CCCC2)cc1)[C@H]1CCCc2ccccc21. The standard InChI is InChI=1S/C23H29N3O3S/c1-25(22-10-6-8-18-7-2-3-9-21(18)22)17-23(27)24-19-11-13-20(14-12-19)30(28,29)26-15-4-5-16-26/h2-3,7,9,11-14,22H,4-6,8,10,15-17H2,1H3,(H,24,27)/p+1/t22-/m0/s1. The Morgan fingerprint density at radius 1 is 1.07 bits per heavy atom. The number of hydrogen-bond acceptors (Lipinski definition) is 3. The number of anilines is 1. The number of hydrogen-bond donors (Lipinski definition) is 2. The van der Waals surface area contributed by atoms with Crippen LogP contribution < -0.4 is 10.2 Å². The molecule has 30 heavy (non-hydrogen) atoms. The van der Waals surface area contributed by atoms with Crippen molar-refractivity contribution in [2.24, 2.45) is 0 Å². The molecular formula is C23H30N3O3S+. The summed E-state index contributed by atoms with van der Waals surface area (Å²) < 4.78 is 26.8. The minimum atomic E-state index is -3.43. The summed E-state index contributed by atoms with van der Waals surface area (Å²) in [4.78, 5) is 14.1. The van der Waals surface area contributed by atoms with Crippen LogP contribution in [0.15, 0.2) is 53.4 Å². The Balaban J connectivity index is 1.37. The van der Waals surface area contributed by atoms with Crippen LogP contribution in [-0.4, -0.2) is 45.3 Å². The normalized spacial score (nSPS) is 20.5. The van der Waals surface area contributed by atoms with Crippen LogP contribution in [0.4, 0.5) is 5.69 Å². The van der Waals surface area contributed by atoms with Crippen LogP contribution in [-0.2, 0) is 21.2 Å². The minimum absolute atomic E-state index is 0.0642. The van der Waals surface area contributed by atoms with Gasteiger partial charge in [-0.15, -0.1) is 0 Å². The Morgan fingerprint density at radius 2 is 1.77 bits per heavy atom. The van der Waals surface area contributed by atoms with E-state index in [1.54, 1.807) is 24.3 Å². The summed E-state index contributed by atoms with van der Waals surface area (Å²) in [6, 6.07) is 15.4. The third-order valence-corrected chi connectivity index (χ3v) is 8.16. The molecule has 1 aliphatic heterocycles. The number of amides is 1.